The lowest BCUT2D eigenvalue weighted by Crippen LogP contribution is -2.28. The molecule has 0 saturated carbocycles. The smallest absolute Gasteiger partial charge is 0.317 e. The maximum absolute atomic E-state index is 12.8. The van der Waals surface area contributed by atoms with Crippen molar-refractivity contribution in [3.05, 3.63) is 71.3 Å². The van der Waals surface area contributed by atoms with Gasteiger partial charge in [-0.15, -0.1) is 0 Å². The van der Waals surface area contributed by atoms with Gasteiger partial charge in [-0.2, -0.15) is 0 Å². The van der Waals surface area contributed by atoms with Crippen LogP contribution < -0.4 is 0 Å². The zero-order valence-corrected chi connectivity index (χ0v) is 12.5. The van der Waals surface area contributed by atoms with Crippen molar-refractivity contribution in [3.8, 4) is 0 Å². The average Bonchev–Trinajstić information content (AvgIpc) is 2.69. The van der Waals surface area contributed by atoms with Crippen LogP contribution in [0.2, 0.25) is 0 Å². The first-order valence-corrected chi connectivity index (χ1v) is 7.56. The minimum absolute atomic E-state index is 0.0986. The molecule has 0 heterocycles. The molecule has 3 rings (SSSR count). The normalized spacial score (nSPS) is 23.4. The van der Waals surface area contributed by atoms with E-state index < -0.39 is 11.9 Å². The van der Waals surface area contributed by atoms with Gasteiger partial charge in [-0.1, -0.05) is 54.6 Å². The van der Waals surface area contributed by atoms with Crippen molar-refractivity contribution in [3.63, 3.8) is 0 Å². The SMILES string of the molecule is CCOC(=O)[C@H]1C(=O)C2=C(C=CC=CC2)[C@@H]1c1ccccc1. The Kier molecular flexibility index (Phi) is 4.05. The van der Waals surface area contributed by atoms with Crippen LogP contribution in [0.4, 0.5) is 0 Å². The number of hydrogen-bond acceptors (Lipinski definition) is 3. The molecule has 0 unspecified atom stereocenters. The van der Waals surface area contributed by atoms with E-state index >= 15 is 0 Å². The number of rotatable bonds is 3. The van der Waals surface area contributed by atoms with Crippen LogP contribution in [0.3, 0.4) is 0 Å². The fraction of sp³-hybridized carbons (Fsp3) is 0.263. The molecule has 0 fully saturated rings. The van der Waals surface area contributed by atoms with E-state index in [1.807, 2.05) is 54.6 Å². The topological polar surface area (TPSA) is 43.4 Å². The van der Waals surface area contributed by atoms with E-state index in [2.05, 4.69) is 0 Å². The molecule has 2 aliphatic carbocycles. The van der Waals surface area contributed by atoms with Gasteiger partial charge >= 0.3 is 5.97 Å². The van der Waals surface area contributed by atoms with E-state index in [1.165, 1.54) is 0 Å². The van der Waals surface area contributed by atoms with Crippen LogP contribution in [0.25, 0.3) is 0 Å². The van der Waals surface area contributed by atoms with Crippen molar-refractivity contribution in [2.75, 3.05) is 6.61 Å². The van der Waals surface area contributed by atoms with Crippen LogP contribution in [-0.2, 0) is 14.3 Å². The van der Waals surface area contributed by atoms with Crippen LogP contribution in [0, 0.1) is 5.92 Å². The minimum Gasteiger partial charge on any atom is -0.465 e. The number of allylic oxidation sites excluding steroid dienone is 6. The van der Waals surface area contributed by atoms with Gasteiger partial charge in [-0.3, -0.25) is 9.59 Å². The van der Waals surface area contributed by atoms with E-state index in [0.717, 1.165) is 16.7 Å². The molecule has 3 nitrogen and oxygen atoms in total. The number of ketones is 1. The molecule has 2 atom stereocenters. The van der Waals surface area contributed by atoms with Gasteiger partial charge in [0.15, 0.2) is 5.78 Å². The minimum atomic E-state index is -0.761. The van der Waals surface area contributed by atoms with Gasteiger partial charge in [0.2, 0.25) is 0 Å². The van der Waals surface area contributed by atoms with Gasteiger partial charge in [0.25, 0.3) is 0 Å². The van der Waals surface area contributed by atoms with Gasteiger partial charge in [0.1, 0.15) is 5.92 Å². The molecular formula is C19H18O3. The molecule has 2 aliphatic rings. The summed E-state index contributed by atoms with van der Waals surface area (Å²) in [4.78, 5) is 25.1. The number of hydrogen-bond donors (Lipinski definition) is 0. The zero-order valence-electron chi connectivity index (χ0n) is 12.5. The van der Waals surface area contributed by atoms with Crippen molar-refractivity contribution in [2.24, 2.45) is 5.92 Å². The number of Topliss-reactive ketones (excluding diaryl/α,β-unsaturated/α-hetero) is 1. The van der Waals surface area contributed by atoms with Crippen molar-refractivity contribution in [2.45, 2.75) is 19.3 Å². The highest BCUT2D eigenvalue weighted by atomic mass is 16.5. The maximum Gasteiger partial charge on any atom is 0.317 e. The second-order valence-corrected chi connectivity index (χ2v) is 5.41. The summed E-state index contributed by atoms with van der Waals surface area (Å²) in [5.74, 6) is -1.53. The van der Waals surface area contributed by atoms with Crippen molar-refractivity contribution in [1.29, 1.82) is 0 Å². The van der Waals surface area contributed by atoms with Gasteiger partial charge < -0.3 is 4.74 Å². The number of carbonyl (C=O) groups excluding carboxylic acids is 2. The summed E-state index contributed by atoms with van der Waals surface area (Å²) in [6.07, 6.45) is 8.34. The van der Waals surface area contributed by atoms with E-state index in [4.69, 9.17) is 4.74 Å². The van der Waals surface area contributed by atoms with E-state index in [0.29, 0.717) is 6.42 Å². The summed E-state index contributed by atoms with van der Waals surface area (Å²) in [5, 5.41) is 0. The lowest BCUT2D eigenvalue weighted by molar-refractivity contribution is -0.150. The van der Waals surface area contributed by atoms with E-state index in [9.17, 15) is 9.59 Å². The molecule has 0 aromatic heterocycles. The monoisotopic (exact) mass is 294 g/mol. The summed E-state index contributed by atoms with van der Waals surface area (Å²) in [6.45, 7) is 2.04. The van der Waals surface area contributed by atoms with Crippen LogP contribution >= 0.6 is 0 Å². The van der Waals surface area contributed by atoms with Gasteiger partial charge in [-0.05, 0) is 24.5 Å². The Bertz CT molecular complexity index is 680. The van der Waals surface area contributed by atoms with Gasteiger partial charge in [0, 0.05) is 11.5 Å². The number of ether oxygens (including phenoxy) is 1. The summed E-state index contributed by atoms with van der Waals surface area (Å²) in [7, 11) is 0. The quantitative estimate of drug-likeness (QED) is 0.634. The predicted octanol–water partition coefficient (Wildman–Crippen LogP) is 3.34. The third kappa shape index (κ3) is 2.43. The molecular weight excluding hydrogens is 276 g/mol. The van der Waals surface area contributed by atoms with Crippen molar-refractivity contribution < 1.29 is 14.3 Å². The molecule has 22 heavy (non-hydrogen) atoms. The van der Waals surface area contributed by atoms with E-state index in [1.54, 1.807) is 6.92 Å². The molecule has 112 valence electrons. The molecule has 0 spiro atoms. The van der Waals surface area contributed by atoms with Crippen LogP contribution in [-0.4, -0.2) is 18.4 Å². The largest absolute Gasteiger partial charge is 0.465 e. The molecule has 3 heteroatoms. The fourth-order valence-corrected chi connectivity index (χ4v) is 3.20. The van der Waals surface area contributed by atoms with Crippen molar-refractivity contribution in [1.82, 2.24) is 0 Å². The molecule has 0 bridgehead atoms. The third-order valence-electron chi connectivity index (χ3n) is 4.14. The summed E-state index contributed by atoms with van der Waals surface area (Å²) < 4.78 is 5.16. The van der Waals surface area contributed by atoms with Crippen LogP contribution in [0.5, 0.6) is 0 Å². The Morgan fingerprint density at radius 2 is 2.00 bits per heavy atom. The standard InChI is InChI=1S/C19H18O3/c1-2-22-19(21)17-16(13-9-5-3-6-10-13)14-11-7-4-8-12-15(14)18(17)20/h3-11,16-17H,2,12H2,1H3/t16-,17+/m0/s1. The Morgan fingerprint density at radius 1 is 1.23 bits per heavy atom. The molecule has 0 saturated heterocycles. The Hall–Kier alpha value is -2.42. The van der Waals surface area contributed by atoms with Crippen LogP contribution in [0.15, 0.2) is 65.8 Å². The summed E-state index contributed by atoms with van der Waals surface area (Å²) in [5.41, 5.74) is 2.65. The highest BCUT2D eigenvalue weighted by molar-refractivity contribution is 6.13. The molecule has 0 aliphatic heterocycles. The van der Waals surface area contributed by atoms with Crippen LogP contribution in [0.1, 0.15) is 24.8 Å². The molecule has 0 N–H and O–H groups in total. The zero-order chi connectivity index (χ0) is 15.5. The second kappa shape index (κ2) is 6.14. The molecule has 0 amide bonds. The van der Waals surface area contributed by atoms with E-state index in [-0.39, 0.29) is 18.3 Å². The Labute approximate surface area is 130 Å². The number of esters is 1. The first-order valence-electron chi connectivity index (χ1n) is 7.56. The maximum atomic E-state index is 12.8. The summed E-state index contributed by atoms with van der Waals surface area (Å²) in [6, 6.07) is 9.72. The van der Waals surface area contributed by atoms with Gasteiger partial charge in [-0.25, -0.2) is 0 Å². The molecule has 1 aromatic carbocycles. The predicted molar refractivity (Wildman–Crippen MR) is 84.2 cm³/mol. The average molecular weight is 294 g/mol. The third-order valence-corrected chi connectivity index (χ3v) is 4.14. The number of carbonyl (C=O) groups is 2. The van der Waals surface area contributed by atoms with Crippen molar-refractivity contribution >= 4 is 11.8 Å². The molecule has 0 radical (unpaired) electrons. The Balaban J connectivity index is 2.08. The molecule has 1 aromatic rings. The summed E-state index contributed by atoms with van der Waals surface area (Å²) >= 11 is 0. The number of benzene rings is 1. The first-order chi connectivity index (χ1) is 10.7. The van der Waals surface area contributed by atoms with Gasteiger partial charge in [0.05, 0.1) is 6.61 Å². The fourth-order valence-electron chi connectivity index (χ4n) is 3.20. The first kappa shape index (κ1) is 14.5. The lowest BCUT2D eigenvalue weighted by atomic mass is 9.84. The second-order valence-electron chi connectivity index (χ2n) is 5.41. The highest BCUT2D eigenvalue weighted by Gasteiger charge is 2.46. The Morgan fingerprint density at radius 3 is 2.73 bits per heavy atom. The highest BCUT2D eigenvalue weighted by Crippen LogP contribution is 2.44. The lowest BCUT2D eigenvalue weighted by Gasteiger charge is -2.19.